The Bertz CT molecular complexity index is 942. The zero-order chi connectivity index (χ0) is 18.3. The number of para-hydroxylation sites is 1. The van der Waals surface area contributed by atoms with Crippen LogP contribution in [0.15, 0.2) is 71.6 Å². The van der Waals surface area contributed by atoms with E-state index in [4.69, 9.17) is 5.21 Å². The van der Waals surface area contributed by atoms with Gasteiger partial charge in [0.1, 0.15) is 0 Å². The first kappa shape index (κ1) is 18.3. The van der Waals surface area contributed by atoms with Gasteiger partial charge in [-0.1, -0.05) is 42.2 Å². The molecule has 0 saturated carbocycles. The molecule has 0 atom stereocenters. The second-order valence-electron chi connectivity index (χ2n) is 4.88. The minimum atomic E-state index is -3.71. The normalized spacial score (nSPS) is 10.8. The van der Waals surface area contributed by atoms with E-state index in [9.17, 15) is 13.2 Å². The predicted octanol–water partition coefficient (Wildman–Crippen LogP) is 1.92. The minimum absolute atomic E-state index is 0.180. The number of hydroxylamine groups is 1. The Morgan fingerprint density at radius 1 is 1.12 bits per heavy atom. The second kappa shape index (κ2) is 8.15. The topological polar surface area (TPSA) is 86.7 Å². The quantitative estimate of drug-likeness (QED) is 0.379. The number of sulfonamides is 1. The molecule has 0 aliphatic carbocycles. The molecule has 2 N–H and O–H groups in total. The smallest absolute Gasteiger partial charge is 0.267 e. The van der Waals surface area contributed by atoms with Gasteiger partial charge < -0.3 is 0 Å². The molecule has 2 aromatic carbocycles. The number of nitrogens with one attached hydrogen (secondary N) is 1. The monoisotopic (exact) mass is 356 g/mol. The molecule has 2 rings (SSSR count). The Labute approximate surface area is 146 Å². The lowest BCUT2D eigenvalue weighted by atomic mass is 10.2. The molecule has 1 amide bonds. The summed E-state index contributed by atoms with van der Waals surface area (Å²) in [6.07, 6.45) is 2.31. The summed E-state index contributed by atoms with van der Waals surface area (Å²) in [5.74, 6) is 4.72. The van der Waals surface area contributed by atoms with E-state index in [1.54, 1.807) is 42.5 Å². The first-order chi connectivity index (χ1) is 12.0. The summed E-state index contributed by atoms with van der Waals surface area (Å²) in [6.45, 7) is 0. The number of hydrogen-bond acceptors (Lipinski definition) is 4. The van der Waals surface area contributed by atoms with E-state index in [0.717, 1.165) is 10.4 Å². The summed E-state index contributed by atoms with van der Waals surface area (Å²) in [6, 6.07) is 14.9. The highest BCUT2D eigenvalue weighted by atomic mass is 32.2. The highest BCUT2D eigenvalue weighted by molar-refractivity contribution is 7.92. The van der Waals surface area contributed by atoms with Gasteiger partial charge >= 0.3 is 0 Å². The van der Waals surface area contributed by atoms with Gasteiger partial charge in [-0.05, 0) is 30.3 Å². The van der Waals surface area contributed by atoms with Gasteiger partial charge in [0.05, 0.1) is 10.6 Å². The van der Waals surface area contributed by atoms with E-state index < -0.39 is 15.9 Å². The van der Waals surface area contributed by atoms with Crippen LogP contribution in [0.5, 0.6) is 0 Å². The molecule has 25 heavy (non-hydrogen) atoms. The summed E-state index contributed by atoms with van der Waals surface area (Å²) >= 11 is 0. The van der Waals surface area contributed by atoms with Crippen molar-refractivity contribution in [2.24, 2.45) is 0 Å². The van der Waals surface area contributed by atoms with Crippen LogP contribution in [0.3, 0.4) is 0 Å². The Morgan fingerprint density at radius 2 is 1.76 bits per heavy atom. The molecule has 2 aromatic rings. The van der Waals surface area contributed by atoms with Crippen LogP contribution in [0.2, 0.25) is 0 Å². The molecule has 7 heteroatoms. The van der Waals surface area contributed by atoms with Gasteiger partial charge in [-0.15, -0.1) is 0 Å². The van der Waals surface area contributed by atoms with Gasteiger partial charge in [0.15, 0.2) is 0 Å². The second-order valence-corrected chi connectivity index (χ2v) is 6.85. The molecule has 0 saturated heterocycles. The number of allylic oxidation sites excluding steroid dienone is 1. The Hall–Kier alpha value is -3.08. The van der Waals surface area contributed by atoms with Crippen molar-refractivity contribution in [1.29, 1.82) is 0 Å². The van der Waals surface area contributed by atoms with Gasteiger partial charge in [-0.2, -0.15) is 0 Å². The lowest BCUT2D eigenvalue weighted by Crippen LogP contribution is -2.27. The van der Waals surface area contributed by atoms with Crippen LogP contribution < -0.4 is 9.79 Å². The van der Waals surface area contributed by atoms with Crippen molar-refractivity contribution in [3.05, 3.63) is 72.3 Å². The summed E-state index contributed by atoms with van der Waals surface area (Å²) in [5.41, 5.74) is 2.35. The lowest BCUT2D eigenvalue weighted by molar-refractivity contribution is -0.124. The van der Waals surface area contributed by atoms with Crippen LogP contribution in [-0.2, 0) is 14.8 Å². The molecule has 0 fully saturated rings. The fourth-order valence-electron chi connectivity index (χ4n) is 2.01. The van der Waals surface area contributed by atoms with Crippen molar-refractivity contribution in [3.63, 3.8) is 0 Å². The van der Waals surface area contributed by atoms with Crippen LogP contribution in [0.1, 0.15) is 5.56 Å². The van der Waals surface area contributed by atoms with Gasteiger partial charge in [0, 0.05) is 18.7 Å². The van der Waals surface area contributed by atoms with Crippen molar-refractivity contribution in [2.45, 2.75) is 4.90 Å². The maximum Gasteiger partial charge on any atom is 0.267 e. The standard InChI is InChI=1S/C18H16N2O4S/c1-20(25(23,24)16-11-3-2-4-12-16)17-13-7-5-9-15(17)10-6-8-14-18(21)19-22/h2-5,7-9,11-14,22H,1H3,(H,19,21)/b14-8+. The maximum absolute atomic E-state index is 12.7. The summed E-state index contributed by atoms with van der Waals surface area (Å²) in [5, 5.41) is 8.39. The Morgan fingerprint density at radius 3 is 2.44 bits per heavy atom. The summed E-state index contributed by atoms with van der Waals surface area (Å²) < 4.78 is 26.6. The minimum Gasteiger partial charge on any atom is -0.288 e. The Kier molecular flexibility index (Phi) is 5.95. The van der Waals surface area contributed by atoms with Gasteiger partial charge in [0.25, 0.3) is 15.9 Å². The van der Waals surface area contributed by atoms with E-state index in [2.05, 4.69) is 11.8 Å². The molecule has 0 aliphatic rings. The van der Waals surface area contributed by atoms with E-state index in [1.807, 2.05) is 0 Å². The van der Waals surface area contributed by atoms with E-state index in [-0.39, 0.29) is 4.90 Å². The molecule has 0 bridgehead atoms. The van der Waals surface area contributed by atoms with Crippen molar-refractivity contribution < 1.29 is 18.4 Å². The van der Waals surface area contributed by atoms with Crippen LogP contribution in [-0.4, -0.2) is 26.6 Å². The molecular weight excluding hydrogens is 340 g/mol. The number of carbonyl (C=O) groups is 1. The molecule has 6 nitrogen and oxygen atoms in total. The maximum atomic E-state index is 12.7. The average molecular weight is 356 g/mol. The van der Waals surface area contributed by atoms with Crippen LogP contribution in [0.4, 0.5) is 5.69 Å². The number of hydrogen-bond donors (Lipinski definition) is 2. The lowest BCUT2D eigenvalue weighted by Gasteiger charge is -2.20. The van der Waals surface area contributed by atoms with Gasteiger partial charge in [0.2, 0.25) is 0 Å². The fraction of sp³-hybridized carbons (Fsp3) is 0.0556. The zero-order valence-corrected chi connectivity index (χ0v) is 14.2. The number of amides is 1. The third-order valence-corrected chi connectivity index (χ3v) is 5.07. The number of nitrogens with zero attached hydrogens (tertiary/aromatic N) is 1. The molecule has 0 aliphatic heterocycles. The van der Waals surface area contributed by atoms with Crippen LogP contribution in [0.25, 0.3) is 0 Å². The van der Waals surface area contributed by atoms with E-state index in [1.165, 1.54) is 30.7 Å². The molecule has 128 valence electrons. The van der Waals surface area contributed by atoms with Crippen molar-refractivity contribution >= 4 is 21.6 Å². The van der Waals surface area contributed by atoms with Crippen LogP contribution in [0, 0.1) is 11.8 Å². The van der Waals surface area contributed by atoms with Gasteiger partial charge in [-0.25, -0.2) is 13.9 Å². The molecular formula is C18H16N2O4S. The third kappa shape index (κ3) is 4.47. The first-order valence-electron chi connectivity index (χ1n) is 7.22. The predicted molar refractivity (Wildman–Crippen MR) is 94.4 cm³/mol. The number of anilines is 1. The SMILES string of the molecule is CN(c1ccccc1C#C/C=C/C(=O)NO)S(=O)(=O)c1ccccc1. The highest BCUT2D eigenvalue weighted by Gasteiger charge is 2.22. The first-order valence-corrected chi connectivity index (χ1v) is 8.66. The molecule has 0 radical (unpaired) electrons. The number of benzene rings is 2. The Balaban J connectivity index is 2.36. The highest BCUT2D eigenvalue weighted by Crippen LogP contribution is 2.24. The molecule has 0 spiro atoms. The third-order valence-electron chi connectivity index (χ3n) is 3.28. The average Bonchev–Trinajstić information content (AvgIpc) is 2.65. The fourth-order valence-corrected chi connectivity index (χ4v) is 3.24. The van der Waals surface area contributed by atoms with Crippen molar-refractivity contribution in [2.75, 3.05) is 11.4 Å². The van der Waals surface area contributed by atoms with Gasteiger partial charge in [-0.3, -0.25) is 14.3 Å². The zero-order valence-electron chi connectivity index (χ0n) is 13.4. The van der Waals surface area contributed by atoms with Crippen molar-refractivity contribution in [1.82, 2.24) is 5.48 Å². The number of carbonyl (C=O) groups excluding carboxylic acids is 1. The van der Waals surface area contributed by atoms with Crippen molar-refractivity contribution in [3.8, 4) is 11.8 Å². The summed E-state index contributed by atoms with van der Waals surface area (Å²) in [7, 11) is -2.26. The molecule has 0 unspecified atom stereocenters. The molecule has 0 heterocycles. The van der Waals surface area contributed by atoms with E-state index in [0.29, 0.717) is 11.3 Å². The largest absolute Gasteiger partial charge is 0.288 e. The van der Waals surface area contributed by atoms with Crippen LogP contribution >= 0.6 is 0 Å². The molecule has 0 aromatic heterocycles. The summed E-state index contributed by atoms with van der Waals surface area (Å²) in [4.78, 5) is 11.1. The number of rotatable bonds is 4. The van der Waals surface area contributed by atoms with E-state index >= 15 is 0 Å².